The van der Waals surface area contributed by atoms with E-state index >= 15 is 0 Å². The van der Waals surface area contributed by atoms with E-state index in [0.717, 1.165) is 45.4 Å². The molecule has 0 aromatic carbocycles. The summed E-state index contributed by atoms with van der Waals surface area (Å²) in [5.74, 6) is 0.526. The zero-order chi connectivity index (χ0) is 15.6. The fraction of sp³-hybridized carbons (Fsp3) is 0.938. The number of carbonyl (C=O) groups excluding carboxylic acids is 1. The van der Waals surface area contributed by atoms with Gasteiger partial charge in [-0.2, -0.15) is 0 Å². The highest BCUT2D eigenvalue weighted by Gasteiger charge is 2.32. The Hall–Kier alpha value is -0.610. The highest BCUT2D eigenvalue weighted by Crippen LogP contribution is 2.15. The van der Waals surface area contributed by atoms with Crippen LogP contribution in [0.4, 0.5) is 0 Å². The summed E-state index contributed by atoms with van der Waals surface area (Å²) in [5.41, 5.74) is -0.554. The van der Waals surface area contributed by atoms with Crippen molar-refractivity contribution in [2.75, 3.05) is 33.3 Å². The van der Waals surface area contributed by atoms with Gasteiger partial charge >= 0.3 is 5.97 Å². The smallest absolute Gasteiger partial charge is 0.325 e. The van der Waals surface area contributed by atoms with E-state index in [0.29, 0.717) is 5.92 Å². The van der Waals surface area contributed by atoms with Crippen LogP contribution in [-0.4, -0.2) is 49.7 Å². The SMILES string of the molecule is CCCNC(C)(CCCN(CC)CC(C)C)C(=O)OC. The second kappa shape index (κ2) is 10.2. The Morgan fingerprint density at radius 1 is 1.35 bits per heavy atom. The molecule has 0 aliphatic carbocycles. The van der Waals surface area contributed by atoms with Crippen LogP contribution in [0.2, 0.25) is 0 Å². The van der Waals surface area contributed by atoms with E-state index < -0.39 is 5.54 Å². The maximum Gasteiger partial charge on any atom is 0.325 e. The number of hydrogen-bond donors (Lipinski definition) is 1. The molecule has 0 aliphatic heterocycles. The van der Waals surface area contributed by atoms with E-state index in [2.05, 4.69) is 37.9 Å². The molecule has 0 aliphatic rings. The van der Waals surface area contributed by atoms with E-state index in [4.69, 9.17) is 4.74 Å². The predicted molar refractivity (Wildman–Crippen MR) is 84.9 cm³/mol. The molecule has 1 unspecified atom stereocenters. The molecule has 0 rings (SSSR count). The van der Waals surface area contributed by atoms with E-state index in [1.165, 1.54) is 7.11 Å². The fourth-order valence-corrected chi connectivity index (χ4v) is 2.44. The second-order valence-corrected chi connectivity index (χ2v) is 6.14. The van der Waals surface area contributed by atoms with Gasteiger partial charge in [0.05, 0.1) is 7.11 Å². The molecule has 0 saturated heterocycles. The zero-order valence-electron chi connectivity index (χ0n) is 14.3. The number of rotatable bonds is 11. The van der Waals surface area contributed by atoms with Gasteiger partial charge in [0.25, 0.3) is 0 Å². The molecule has 120 valence electrons. The lowest BCUT2D eigenvalue weighted by molar-refractivity contribution is -0.148. The molecular formula is C16H34N2O2. The highest BCUT2D eigenvalue weighted by molar-refractivity contribution is 5.80. The van der Waals surface area contributed by atoms with Gasteiger partial charge in [-0.25, -0.2) is 0 Å². The quantitative estimate of drug-likeness (QED) is 0.593. The van der Waals surface area contributed by atoms with E-state index in [1.807, 2.05) is 6.92 Å². The predicted octanol–water partition coefficient (Wildman–Crippen LogP) is 2.68. The lowest BCUT2D eigenvalue weighted by Gasteiger charge is -2.29. The minimum Gasteiger partial charge on any atom is -0.468 e. The summed E-state index contributed by atoms with van der Waals surface area (Å²) >= 11 is 0. The van der Waals surface area contributed by atoms with Crippen LogP contribution in [-0.2, 0) is 9.53 Å². The summed E-state index contributed by atoms with van der Waals surface area (Å²) in [5, 5.41) is 3.34. The Labute approximate surface area is 125 Å². The van der Waals surface area contributed by atoms with Gasteiger partial charge in [0.15, 0.2) is 0 Å². The first kappa shape index (κ1) is 19.4. The first-order valence-corrected chi connectivity index (χ1v) is 7.95. The molecule has 0 aromatic rings. The molecule has 4 heteroatoms. The van der Waals surface area contributed by atoms with Gasteiger partial charge in [0, 0.05) is 6.54 Å². The third kappa shape index (κ3) is 7.25. The Bertz CT molecular complexity index is 269. The number of nitrogens with zero attached hydrogens (tertiary/aromatic N) is 1. The van der Waals surface area contributed by atoms with Crippen LogP contribution >= 0.6 is 0 Å². The van der Waals surface area contributed by atoms with Crippen molar-refractivity contribution in [3.8, 4) is 0 Å². The van der Waals surface area contributed by atoms with Crippen LogP contribution < -0.4 is 5.32 Å². The minimum atomic E-state index is -0.554. The van der Waals surface area contributed by atoms with Crippen LogP contribution in [0.25, 0.3) is 0 Å². The normalized spacial score (nSPS) is 14.6. The summed E-state index contributed by atoms with van der Waals surface area (Å²) in [6.45, 7) is 14.8. The van der Waals surface area contributed by atoms with Crippen LogP contribution in [0, 0.1) is 5.92 Å². The summed E-state index contributed by atoms with van der Waals surface area (Å²) < 4.78 is 4.95. The van der Waals surface area contributed by atoms with Crippen molar-refractivity contribution in [1.82, 2.24) is 10.2 Å². The third-order valence-electron chi connectivity index (χ3n) is 3.62. The molecule has 1 atom stereocenters. The fourth-order valence-electron chi connectivity index (χ4n) is 2.44. The zero-order valence-corrected chi connectivity index (χ0v) is 14.3. The second-order valence-electron chi connectivity index (χ2n) is 6.14. The summed E-state index contributed by atoms with van der Waals surface area (Å²) in [6.07, 6.45) is 2.83. The van der Waals surface area contributed by atoms with E-state index in [-0.39, 0.29) is 5.97 Å². The van der Waals surface area contributed by atoms with Crippen molar-refractivity contribution in [3.63, 3.8) is 0 Å². The van der Waals surface area contributed by atoms with Crippen LogP contribution in [0.1, 0.15) is 53.9 Å². The first-order valence-electron chi connectivity index (χ1n) is 7.95. The maximum absolute atomic E-state index is 12.0. The topological polar surface area (TPSA) is 41.6 Å². The number of carbonyl (C=O) groups is 1. The van der Waals surface area contributed by atoms with Crippen LogP contribution in [0.3, 0.4) is 0 Å². The maximum atomic E-state index is 12.0. The summed E-state index contributed by atoms with van der Waals surface area (Å²) in [7, 11) is 1.46. The molecule has 0 fully saturated rings. The van der Waals surface area contributed by atoms with Crippen molar-refractivity contribution in [3.05, 3.63) is 0 Å². The van der Waals surface area contributed by atoms with Gasteiger partial charge in [0.1, 0.15) is 5.54 Å². The minimum absolute atomic E-state index is 0.155. The van der Waals surface area contributed by atoms with Crippen molar-refractivity contribution in [1.29, 1.82) is 0 Å². The molecular weight excluding hydrogens is 252 g/mol. The number of esters is 1. The number of nitrogens with one attached hydrogen (secondary N) is 1. The molecule has 0 amide bonds. The summed E-state index contributed by atoms with van der Waals surface area (Å²) in [6, 6.07) is 0. The molecule has 4 nitrogen and oxygen atoms in total. The van der Waals surface area contributed by atoms with Crippen LogP contribution in [0.15, 0.2) is 0 Å². The van der Waals surface area contributed by atoms with E-state index in [1.54, 1.807) is 0 Å². The monoisotopic (exact) mass is 286 g/mol. The average molecular weight is 286 g/mol. The van der Waals surface area contributed by atoms with Gasteiger partial charge in [-0.1, -0.05) is 27.7 Å². The Kier molecular flexibility index (Phi) is 9.86. The number of methoxy groups -OCH3 is 1. The van der Waals surface area contributed by atoms with Gasteiger partial charge in [-0.15, -0.1) is 0 Å². The molecule has 0 bridgehead atoms. The largest absolute Gasteiger partial charge is 0.468 e. The van der Waals surface area contributed by atoms with E-state index in [9.17, 15) is 4.79 Å². The van der Waals surface area contributed by atoms with Crippen molar-refractivity contribution in [2.24, 2.45) is 5.92 Å². The Balaban J connectivity index is 4.34. The molecule has 0 heterocycles. The molecule has 20 heavy (non-hydrogen) atoms. The standard InChI is InChI=1S/C16H34N2O2/c1-7-11-17-16(5,15(19)20-6)10-9-12-18(8-2)13-14(3)4/h14,17H,7-13H2,1-6H3. The van der Waals surface area contributed by atoms with Gasteiger partial charge in [-0.05, 0) is 51.7 Å². The number of hydrogen-bond acceptors (Lipinski definition) is 4. The molecule has 1 N–H and O–H groups in total. The molecule has 0 spiro atoms. The molecule has 0 radical (unpaired) electrons. The van der Waals surface area contributed by atoms with Crippen LogP contribution in [0.5, 0.6) is 0 Å². The van der Waals surface area contributed by atoms with Crippen molar-refractivity contribution < 1.29 is 9.53 Å². The number of ether oxygens (including phenoxy) is 1. The molecule has 0 saturated carbocycles. The van der Waals surface area contributed by atoms with Crippen molar-refractivity contribution in [2.45, 2.75) is 59.4 Å². The highest BCUT2D eigenvalue weighted by atomic mass is 16.5. The third-order valence-corrected chi connectivity index (χ3v) is 3.62. The van der Waals surface area contributed by atoms with Gasteiger partial charge in [-0.3, -0.25) is 4.79 Å². The Morgan fingerprint density at radius 2 is 2.00 bits per heavy atom. The Morgan fingerprint density at radius 3 is 2.45 bits per heavy atom. The van der Waals surface area contributed by atoms with Crippen molar-refractivity contribution >= 4 is 5.97 Å². The van der Waals surface area contributed by atoms with Gasteiger partial charge in [0.2, 0.25) is 0 Å². The van der Waals surface area contributed by atoms with Gasteiger partial charge < -0.3 is 15.0 Å². The lowest BCUT2D eigenvalue weighted by Crippen LogP contribution is -2.50. The lowest BCUT2D eigenvalue weighted by atomic mass is 9.95. The first-order chi connectivity index (χ1) is 9.39. The molecule has 0 aromatic heterocycles. The summed E-state index contributed by atoms with van der Waals surface area (Å²) in [4.78, 5) is 14.4. The average Bonchev–Trinajstić information content (AvgIpc) is 2.42.